The first-order valence-electron chi connectivity index (χ1n) is 12.5. The van der Waals surface area contributed by atoms with Gasteiger partial charge in [0.2, 0.25) is 0 Å². The third kappa shape index (κ3) is 7.78. The highest BCUT2D eigenvalue weighted by Gasteiger charge is 2.44. The summed E-state index contributed by atoms with van der Waals surface area (Å²) >= 11 is 5.96. The van der Waals surface area contributed by atoms with Gasteiger partial charge in [0.25, 0.3) is 0 Å². The monoisotopic (exact) mass is 648 g/mol. The number of nitrogens with zero attached hydrogens (tertiary/aromatic N) is 2. The Morgan fingerprint density at radius 2 is 1.44 bits per heavy atom. The SMILES string of the molecule is COC(=O)N(Cc1cc(C(F)(F)F)cc(C(F)(F)F)c1)C1CC(C)N(C(=O)OC(C)(C)C)c2cc(C(F)(F)F)c(Cl)cc21. The zero-order valence-electron chi connectivity index (χ0n) is 23.3. The van der Waals surface area contributed by atoms with Crippen LogP contribution in [0.5, 0.6) is 0 Å². The Morgan fingerprint density at radius 3 is 1.88 bits per heavy atom. The van der Waals surface area contributed by atoms with E-state index in [0.29, 0.717) is 18.2 Å². The lowest BCUT2D eigenvalue weighted by Gasteiger charge is -2.43. The molecule has 0 bridgehead atoms. The number of benzene rings is 2. The Morgan fingerprint density at radius 1 is 0.907 bits per heavy atom. The van der Waals surface area contributed by atoms with Gasteiger partial charge in [-0.2, -0.15) is 39.5 Å². The van der Waals surface area contributed by atoms with E-state index in [1.165, 1.54) is 27.7 Å². The third-order valence-electron chi connectivity index (χ3n) is 6.42. The first-order valence-corrected chi connectivity index (χ1v) is 12.9. The summed E-state index contributed by atoms with van der Waals surface area (Å²) in [7, 11) is 0.905. The van der Waals surface area contributed by atoms with Crippen molar-refractivity contribution in [3.05, 3.63) is 63.2 Å². The summed E-state index contributed by atoms with van der Waals surface area (Å²) in [6.07, 6.45) is -17.8. The Labute approximate surface area is 245 Å². The molecule has 0 N–H and O–H groups in total. The topological polar surface area (TPSA) is 59.1 Å². The molecule has 3 rings (SSSR count). The van der Waals surface area contributed by atoms with Crippen molar-refractivity contribution < 1.29 is 58.6 Å². The number of hydrogen-bond acceptors (Lipinski definition) is 4. The number of anilines is 1. The fraction of sp³-hybridized carbons (Fsp3) is 0.481. The first-order chi connectivity index (χ1) is 19.4. The molecule has 2 unspecified atom stereocenters. The van der Waals surface area contributed by atoms with E-state index < -0.39 is 82.2 Å². The van der Waals surface area contributed by atoms with Crippen molar-refractivity contribution in [1.29, 1.82) is 0 Å². The molecule has 16 heteroatoms. The quantitative estimate of drug-likeness (QED) is 0.312. The second-order valence-electron chi connectivity index (χ2n) is 10.9. The van der Waals surface area contributed by atoms with Crippen LogP contribution >= 0.6 is 11.6 Å². The highest BCUT2D eigenvalue weighted by atomic mass is 35.5. The number of alkyl halides is 9. The normalized spacial score (nSPS) is 17.8. The van der Waals surface area contributed by atoms with Gasteiger partial charge in [0, 0.05) is 18.2 Å². The largest absolute Gasteiger partial charge is 0.453 e. The molecule has 0 saturated carbocycles. The van der Waals surface area contributed by atoms with Gasteiger partial charge in [-0.05, 0) is 70.0 Å². The van der Waals surface area contributed by atoms with Gasteiger partial charge in [0.15, 0.2) is 0 Å². The van der Waals surface area contributed by atoms with Gasteiger partial charge < -0.3 is 9.47 Å². The number of carbonyl (C=O) groups excluding carboxylic acids is 2. The number of halogens is 10. The average Bonchev–Trinajstić information content (AvgIpc) is 2.83. The van der Waals surface area contributed by atoms with Crippen molar-refractivity contribution in [3.8, 4) is 0 Å². The molecular formula is C27H26ClF9N2O4. The summed E-state index contributed by atoms with van der Waals surface area (Å²) in [5, 5.41) is -0.821. The molecule has 2 amide bonds. The Bertz CT molecular complexity index is 1350. The number of carbonyl (C=O) groups is 2. The number of hydrogen-bond donors (Lipinski definition) is 0. The number of ether oxygens (including phenoxy) is 2. The van der Waals surface area contributed by atoms with Gasteiger partial charge >= 0.3 is 30.7 Å². The van der Waals surface area contributed by atoms with Crippen LogP contribution in [0.2, 0.25) is 5.02 Å². The van der Waals surface area contributed by atoms with Crippen LogP contribution in [0.15, 0.2) is 30.3 Å². The van der Waals surface area contributed by atoms with Crippen molar-refractivity contribution in [2.75, 3.05) is 12.0 Å². The van der Waals surface area contributed by atoms with Crippen molar-refractivity contribution in [1.82, 2.24) is 4.90 Å². The van der Waals surface area contributed by atoms with Crippen molar-refractivity contribution in [2.24, 2.45) is 0 Å². The van der Waals surface area contributed by atoms with E-state index in [-0.39, 0.29) is 23.7 Å². The smallest absolute Gasteiger partial charge is 0.417 e. The van der Waals surface area contributed by atoms with E-state index in [4.69, 9.17) is 21.1 Å². The number of methoxy groups -OCH3 is 1. The summed E-state index contributed by atoms with van der Waals surface area (Å²) < 4.78 is 133. The summed E-state index contributed by atoms with van der Waals surface area (Å²) in [6, 6.07) is -0.103. The molecule has 0 aliphatic carbocycles. The lowest BCUT2D eigenvalue weighted by Crippen LogP contribution is -2.49. The van der Waals surface area contributed by atoms with Crippen LogP contribution < -0.4 is 4.90 Å². The molecule has 0 saturated heterocycles. The molecule has 1 aliphatic rings. The van der Waals surface area contributed by atoms with Crippen LogP contribution in [0, 0.1) is 0 Å². The van der Waals surface area contributed by atoms with Gasteiger partial charge in [-0.3, -0.25) is 9.80 Å². The van der Waals surface area contributed by atoms with Crippen LogP contribution in [-0.2, 0) is 34.5 Å². The molecule has 0 radical (unpaired) electrons. The maximum absolute atomic E-state index is 13.8. The lowest BCUT2D eigenvalue weighted by atomic mass is 9.89. The molecular weight excluding hydrogens is 623 g/mol. The van der Waals surface area contributed by atoms with Crippen LogP contribution in [0.4, 0.5) is 54.8 Å². The highest BCUT2D eigenvalue weighted by Crippen LogP contribution is 2.47. The third-order valence-corrected chi connectivity index (χ3v) is 6.73. The first kappa shape index (κ1) is 34.1. The van der Waals surface area contributed by atoms with Gasteiger partial charge in [-0.25, -0.2) is 9.59 Å². The Kier molecular flexibility index (Phi) is 9.22. The summed E-state index contributed by atoms with van der Waals surface area (Å²) in [5.41, 5.74) is -6.76. The minimum atomic E-state index is -5.17. The number of fused-ring (bicyclic) bond motifs is 1. The molecule has 0 spiro atoms. The molecule has 43 heavy (non-hydrogen) atoms. The van der Waals surface area contributed by atoms with Crippen molar-refractivity contribution in [3.63, 3.8) is 0 Å². The average molecular weight is 649 g/mol. The van der Waals surface area contributed by atoms with Crippen LogP contribution in [0.1, 0.15) is 68.0 Å². The minimum absolute atomic E-state index is 0.0822. The zero-order chi connectivity index (χ0) is 32.9. The molecule has 2 aromatic rings. The fourth-order valence-electron chi connectivity index (χ4n) is 4.67. The maximum Gasteiger partial charge on any atom is 0.417 e. The van der Waals surface area contributed by atoms with E-state index in [9.17, 15) is 49.1 Å². The second kappa shape index (κ2) is 11.6. The van der Waals surface area contributed by atoms with E-state index >= 15 is 0 Å². The highest BCUT2D eigenvalue weighted by molar-refractivity contribution is 6.31. The molecule has 1 heterocycles. The van der Waals surface area contributed by atoms with Crippen LogP contribution in [0.3, 0.4) is 0 Å². The number of rotatable bonds is 3. The fourth-order valence-corrected chi connectivity index (χ4v) is 4.95. The van der Waals surface area contributed by atoms with Crippen molar-refractivity contribution in [2.45, 2.75) is 76.9 Å². The molecule has 6 nitrogen and oxygen atoms in total. The van der Waals surface area contributed by atoms with Gasteiger partial charge in [0.1, 0.15) is 5.60 Å². The molecule has 1 aliphatic heterocycles. The molecule has 2 atom stereocenters. The molecule has 0 aromatic heterocycles. The Hall–Kier alpha value is -3.36. The van der Waals surface area contributed by atoms with E-state index in [2.05, 4.69) is 0 Å². The van der Waals surface area contributed by atoms with E-state index in [1.807, 2.05) is 0 Å². The predicted molar refractivity (Wildman–Crippen MR) is 136 cm³/mol. The standard InChI is InChI=1S/C27H26ClF9N2O4/c1-13-6-20(17-10-19(28)18(27(35,36)37)11-21(17)39(13)23(41)43-24(2,3)4)38(22(40)42-5)12-14-7-15(25(29,30)31)9-16(8-14)26(32,33)34/h7-11,13,20H,6,12H2,1-5H3. The van der Waals surface area contributed by atoms with Crippen LogP contribution in [-0.4, -0.2) is 35.8 Å². The predicted octanol–water partition coefficient (Wildman–Crippen LogP) is 9.24. The maximum atomic E-state index is 13.8. The Balaban J connectivity index is 2.24. The minimum Gasteiger partial charge on any atom is -0.453 e. The molecule has 2 aromatic carbocycles. The van der Waals surface area contributed by atoms with Gasteiger partial charge in [0.05, 0.1) is 40.6 Å². The van der Waals surface area contributed by atoms with E-state index in [0.717, 1.165) is 23.0 Å². The molecule has 238 valence electrons. The second-order valence-corrected chi connectivity index (χ2v) is 11.3. The summed E-state index contributed by atoms with van der Waals surface area (Å²) in [5.74, 6) is 0. The molecule has 0 fully saturated rings. The summed E-state index contributed by atoms with van der Waals surface area (Å²) in [6.45, 7) is 5.12. The van der Waals surface area contributed by atoms with Crippen LogP contribution in [0.25, 0.3) is 0 Å². The zero-order valence-corrected chi connectivity index (χ0v) is 24.0. The van der Waals surface area contributed by atoms with Gasteiger partial charge in [-0.15, -0.1) is 0 Å². The number of amides is 2. The lowest BCUT2D eigenvalue weighted by molar-refractivity contribution is -0.143. The van der Waals surface area contributed by atoms with Gasteiger partial charge in [-0.1, -0.05) is 11.6 Å². The van der Waals surface area contributed by atoms with Crippen molar-refractivity contribution >= 4 is 29.5 Å². The summed E-state index contributed by atoms with van der Waals surface area (Å²) in [4.78, 5) is 27.8. The van der Waals surface area contributed by atoms with E-state index in [1.54, 1.807) is 0 Å².